The molecule has 0 radical (unpaired) electrons. The number of hydrogen-bond donors (Lipinski definition) is 12. The summed E-state index contributed by atoms with van der Waals surface area (Å²) in [6.45, 7) is 1.25. The lowest BCUT2D eigenvalue weighted by Crippen LogP contribution is -2.43. The lowest BCUT2D eigenvalue weighted by Gasteiger charge is -2.13. The number of benzene rings is 2. The molecule has 0 fully saturated rings. The Labute approximate surface area is 247 Å². The van der Waals surface area contributed by atoms with Crippen molar-refractivity contribution in [1.82, 2.24) is 21.3 Å². The minimum absolute atomic E-state index is 0.00148. The van der Waals surface area contributed by atoms with Crippen LogP contribution >= 0.6 is 23.2 Å². The molecule has 2 rings (SSSR count). The monoisotopic (exact) mass is 608 g/mol. The molecule has 0 spiro atoms. The average Bonchev–Trinajstić information content (AvgIpc) is 2.87. The van der Waals surface area contributed by atoms with E-state index in [1.807, 2.05) is 0 Å². The molecule has 14 nitrogen and oxygen atoms in total. The third kappa shape index (κ3) is 18.4. The summed E-state index contributed by atoms with van der Waals surface area (Å²) in [5.41, 5.74) is 1.42. The van der Waals surface area contributed by atoms with E-state index in [1.165, 1.54) is 0 Å². The summed E-state index contributed by atoms with van der Waals surface area (Å²) in [5.74, 6) is -2.51. The van der Waals surface area contributed by atoms with Crippen molar-refractivity contribution < 1.29 is 19.8 Å². The van der Waals surface area contributed by atoms with Crippen LogP contribution in [0.25, 0.3) is 0 Å². The molecule has 41 heavy (non-hydrogen) atoms. The lowest BCUT2D eigenvalue weighted by molar-refractivity contribution is -0.147. The van der Waals surface area contributed by atoms with E-state index in [9.17, 15) is 9.59 Å². The van der Waals surface area contributed by atoms with Crippen LogP contribution in [0.3, 0.4) is 0 Å². The highest BCUT2D eigenvalue weighted by Gasteiger charge is 2.03. The summed E-state index contributed by atoms with van der Waals surface area (Å²) < 4.78 is 0. The van der Waals surface area contributed by atoms with Gasteiger partial charge in [-0.05, 0) is 61.4 Å². The minimum atomic E-state index is -1.31. The van der Waals surface area contributed by atoms with Gasteiger partial charge in [-0.1, -0.05) is 36.0 Å². The van der Waals surface area contributed by atoms with Crippen LogP contribution in [0.4, 0.5) is 11.4 Å². The number of carboxylic acids is 2. The van der Waals surface area contributed by atoms with Gasteiger partial charge in [-0.3, -0.25) is 41.9 Å². The minimum Gasteiger partial charge on any atom is -0.481 e. The number of guanidine groups is 4. The summed E-state index contributed by atoms with van der Waals surface area (Å²) in [6.07, 6.45) is 2.90. The number of hydrogen-bond acceptors (Lipinski definition) is 6. The zero-order chi connectivity index (χ0) is 30.6. The molecule has 0 bridgehead atoms. The topological polar surface area (TPSA) is 242 Å². The summed E-state index contributed by atoms with van der Waals surface area (Å²) in [6, 6.07) is 13.9. The molecule has 0 aliphatic rings. The summed E-state index contributed by atoms with van der Waals surface area (Å²) in [4.78, 5) is 18.9. The van der Waals surface area contributed by atoms with Crippen LogP contribution in [0.5, 0.6) is 0 Å². The fourth-order valence-electron chi connectivity index (χ4n) is 2.92. The first-order valence-electron chi connectivity index (χ1n) is 12.3. The molecule has 0 unspecified atom stereocenters. The fraction of sp³-hybridized carbons (Fsp3) is 0.280. The molecular formula is C25H34Cl2N10O4. The van der Waals surface area contributed by atoms with Gasteiger partial charge in [0, 0.05) is 34.5 Å². The van der Waals surface area contributed by atoms with E-state index < -0.39 is 18.4 Å². The molecule has 2 aromatic carbocycles. The Morgan fingerprint density at radius 1 is 0.585 bits per heavy atom. The number of anilines is 2. The number of carboxylic acid groups (broad SMARTS) is 2. The van der Waals surface area contributed by atoms with Crippen LogP contribution in [-0.2, 0) is 9.59 Å². The van der Waals surface area contributed by atoms with Gasteiger partial charge in [-0.25, -0.2) is 0 Å². The molecule has 0 saturated heterocycles. The number of rotatable bonds is 11. The molecule has 12 N–H and O–H groups in total. The highest BCUT2D eigenvalue weighted by molar-refractivity contribution is 6.31. The Balaban J connectivity index is 0.00000106. The van der Waals surface area contributed by atoms with Crippen LogP contribution in [0.1, 0.15) is 32.1 Å². The number of nitrogens with one attached hydrogen (secondary N) is 10. The number of unbranched alkanes of at least 4 members (excludes halogenated alkanes) is 3. The standard InChI is InChI=1S/C22H30Cl2N10.C3H4O4/c23-15-5-9-17(10-6-15)31-21(27)33-19(25)29-13-3-1-2-4-14-30-20(26)34-22(28)32-18-11-7-16(24)8-12-18;4-2(5)1-3(6)7/h5-12H,1-4,13-14H2,(H5,25,27,29,31,33)(H5,26,28,30,32,34);1H2,(H,4,5)(H,6,7). The fourth-order valence-corrected chi connectivity index (χ4v) is 3.17. The van der Waals surface area contributed by atoms with Crippen molar-refractivity contribution in [3.8, 4) is 0 Å². The van der Waals surface area contributed by atoms with E-state index in [1.54, 1.807) is 48.5 Å². The molecule has 222 valence electrons. The summed E-state index contributed by atoms with van der Waals surface area (Å²) >= 11 is 11.7. The zero-order valence-electron chi connectivity index (χ0n) is 22.0. The zero-order valence-corrected chi connectivity index (χ0v) is 23.5. The summed E-state index contributed by atoms with van der Waals surface area (Å²) in [5, 5.41) is 64.9. The Morgan fingerprint density at radius 2 is 0.927 bits per heavy atom. The van der Waals surface area contributed by atoms with Gasteiger partial charge in [0.15, 0.2) is 23.8 Å². The largest absolute Gasteiger partial charge is 0.481 e. The second kappa shape index (κ2) is 19.5. The Morgan fingerprint density at radius 3 is 1.22 bits per heavy atom. The van der Waals surface area contributed by atoms with Gasteiger partial charge < -0.3 is 31.5 Å². The third-order valence-electron chi connectivity index (χ3n) is 4.74. The molecule has 2 aromatic rings. The third-order valence-corrected chi connectivity index (χ3v) is 5.24. The van der Waals surface area contributed by atoms with Crippen molar-refractivity contribution in [1.29, 1.82) is 21.6 Å². The van der Waals surface area contributed by atoms with Gasteiger partial charge in [0.1, 0.15) is 6.42 Å². The second-order valence-corrected chi connectivity index (χ2v) is 9.12. The molecule has 0 aromatic heterocycles. The SMILES string of the molecule is N=C(NCCCCCCNC(=N)NC(=N)Nc1ccc(Cl)cc1)NC(=N)Nc1ccc(Cl)cc1.O=C(O)CC(=O)O. The first-order valence-corrected chi connectivity index (χ1v) is 13.0. The number of aliphatic carboxylic acids is 2. The first-order chi connectivity index (χ1) is 19.4. The molecule has 0 aliphatic carbocycles. The van der Waals surface area contributed by atoms with Gasteiger partial charge in [0.25, 0.3) is 0 Å². The molecular weight excluding hydrogens is 575 g/mol. The quantitative estimate of drug-likeness (QED) is 0.0762. The van der Waals surface area contributed by atoms with Gasteiger partial charge in [0.2, 0.25) is 0 Å². The first kappa shape index (κ1) is 34.5. The Kier molecular flexibility index (Phi) is 16.4. The molecule has 0 saturated carbocycles. The van der Waals surface area contributed by atoms with E-state index in [0.29, 0.717) is 34.5 Å². The van der Waals surface area contributed by atoms with Gasteiger partial charge in [-0.15, -0.1) is 0 Å². The average molecular weight is 610 g/mol. The molecule has 0 amide bonds. The molecule has 16 heteroatoms. The summed E-state index contributed by atoms with van der Waals surface area (Å²) in [7, 11) is 0. The molecule has 0 aliphatic heterocycles. The normalized spacial score (nSPS) is 9.71. The van der Waals surface area contributed by atoms with Crippen LogP contribution in [-0.4, -0.2) is 59.1 Å². The smallest absolute Gasteiger partial charge is 0.314 e. The van der Waals surface area contributed by atoms with Crippen molar-refractivity contribution in [2.75, 3.05) is 23.7 Å². The van der Waals surface area contributed by atoms with Crippen molar-refractivity contribution >= 4 is 70.4 Å². The predicted molar refractivity (Wildman–Crippen MR) is 162 cm³/mol. The van der Waals surface area contributed by atoms with Crippen molar-refractivity contribution in [2.24, 2.45) is 0 Å². The van der Waals surface area contributed by atoms with E-state index in [4.69, 9.17) is 55.1 Å². The lowest BCUT2D eigenvalue weighted by atomic mass is 10.2. The Bertz CT molecular complexity index is 1090. The maximum Gasteiger partial charge on any atom is 0.314 e. The highest BCUT2D eigenvalue weighted by atomic mass is 35.5. The van der Waals surface area contributed by atoms with E-state index in [0.717, 1.165) is 25.7 Å². The number of carbonyl (C=O) groups is 2. The maximum absolute atomic E-state index is 9.43. The highest BCUT2D eigenvalue weighted by Crippen LogP contribution is 2.13. The molecule has 0 atom stereocenters. The molecule has 0 heterocycles. The van der Waals surface area contributed by atoms with Crippen LogP contribution in [0.2, 0.25) is 10.0 Å². The number of halogens is 2. The Hall–Kier alpha value is -4.56. The van der Waals surface area contributed by atoms with E-state index >= 15 is 0 Å². The second-order valence-electron chi connectivity index (χ2n) is 8.25. The van der Waals surface area contributed by atoms with Crippen molar-refractivity contribution in [3.05, 3.63) is 58.6 Å². The van der Waals surface area contributed by atoms with E-state index in [2.05, 4.69) is 31.9 Å². The van der Waals surface area contributed by atoms with Crippen molar-refractivity contribution in [2.45, 2.75) is 32.1 Å². The maximum atomic E-state index is 9.43. The van der Waals surface area contributed by atoms with Crippen LogP contribution in [0.15, 0.2) is 48.5 Å². The van der Waals surface area contributed by atoms with Crippen LogP contribution < -0.4 is 31.9 Å². The van der Waals surface area contributed by atoms with Crippen molar-refractivity contribution in [3.63, 3.8) is 0 Å². The van der Waals surface area contributed by atoms with Gasteiger partial charge >= 0.3 is 11.9 Å². The van der Waals surface area contributed by atoms with Crippen LogP contribution in [0, 0.1) is 21.6 Å². The predicted octanol–water partition coefficient (Wildman–Crippen LogP) is 3.72. The van der Waals surface area contributed by atoms with E-state index in [-0.39, 0.29) is 23.8 Å². The van der Waals surface area contributed by atoms with Gasteiger partial charge in [-0.2, -0.15) is 0 Å². The van der Waals surface area contributed by atoms with Gasteiger partial charge in [0.05, 0.1) is 0 Å².